The number of furan rings is 1. The van der Waals surface area contributed by atoms with E-state index >= 15 is 0 Å². The molecule has 2 aromatic heterocycles. The second kappa shape index (κ2) is 8.86. The van der Waals surface area contributed by atoms with Gasteiger partial charge in [-0.25, -0.2) is 13.4 Å². The standard InChI is InChI=1S/C22H20N2O4S3/c1-15-5-7-17(8-6-15)29-14-21(25)24(13-16-4-3-11-28-16)22-23-19-10-9-18(31(2,26)27)12-20(19)30-22/h3-12H,13-14H2,1-2H3. The third-order valence-corrected chi connectivity index (χ3v) is 7.73. The number of anilines is 1. The van der Waals surface area contributed by atoms with Gasteiger partial charge in [0.05, 0.1) is 33.7 Å². The van der Waals surface area contributed by atoms with E-state index in [0.29, 0.717) is 21.1 Å². The number of hydrogen-bond donors (Lipinski definition) is 0. The number of aromatic nitrogens is 1. The molecule has 0 aliphatic carbocycles. The van der Waals surface area contributed by atoms with Crippen molar-refractivity contribution in [3.8, 4) is 0 Å². The highest BCUT2D eigenvalue weighted by molar-refractivity contribution is 8.00. The maximum atomic E-state index is 13.1. The van der Waals surface area contributed by atoms with Crippen LogP contribution in [0.2, 0.25) is 0 Å². The summed E-state index contributed by atoms with van der Waals surface area (Å²) >= 11 is 2.75. The number of aryl methyl sites for hydroxylation is 1. The van der Waals surface area contributed by atoms with Crippen molar-refractivity contribution in [3.05, 3.63) is 72.2 Å². The Morgan fingerprint density at radius 3 is 2.61 bits per heavy atom. The molecule has 9 heteroatoms. The largest absolute Gasteiger partial charge is 0.467 e. The first-order chi connectivity index (χ1) is 14.8. The summed E-state index contributed by atoms with van der Waals surface area (Å²) in [6.45, 7) is 2.27. The maximum absolute atomic E-state index is 13.1. The molecule has 4 aromatic rings. The lowest BCUT2D eigenvalue weighted by Gasteiger charge is -2.18. The van der Waals surface area contributed by atoms with Crippen molar-refractivity contribution in [1.82, 2.24) is 4.98 Å². The predicted octanol–water partition coefficient (Wildman–Crippen LogP) is 4.93. The Labute approximate surface area is 188 Å². The lowest BCUT2D eigenvalue weighted by atomic mass is 10.2. The van der Waals surface area contributed by atoms with Gasteiger partial charge >= 0.3 is 0 Å². The van der Waals surface area contributed by atoms with E-state index in [1.807, 2.05) is 37.3 Å². The van der Waals surface area contributed by atoms with Crippen molar-refractivity contribution in [1.29, 1.82) is 0 Å². The third kappa shape index (κ3) is 5.17. The zero-order valence-corrected chi connectivity index (χ0v) is 19.4. The highest BCUT2D eigenvalue weighted by Gasteiger charge is 2.22. The number of benzene rings is 2. The number of rotatable bonds is 7. The molecule has 2 aromatic carbocycles. The summed E-state index contributed by atoms with van der Waals surface area (Å²) in [6.07, 6.45) is 2.74. The van der Waals surface area contributed by atoms with Crippen molar-refractivity contribution in [3.63, 3.8) is 0 Å². The molecule has 0 unspecified atom stereocenters. The zero-order valence-electron chi connectivity index (χ0n) is 16.9. The molecule has 0 aliphatic rings. The van der Waals surface area contributed by atoms with Crippen molar-refractivity contribution in [2.24, 2.45) is 0 Å². The molecule has 0 fully saturated rings. The quantitative estimate of drug-likeness (QED) is 0.355. The molecule has 0 saturated heterocycles. The summed E-state index contributed by atoms with van der Waals surface area (Å²) in [5, 5.41) is 0.506. The van der Waals surface area contributed by atoms with Crippen LogP contribution in [0, 0.1) is 6.92 Å². The number of amides is 1. The molecule has 160 valence electrons. The minimum atomic E-state index is -3.32. The first kappa shape index (κ1) is 21.6. The number of nitrogens with zero attached hydrogens (tertiary/aromatic N) is 2. The molecule has 1 amide bonds. The molecule has 0 N–H and O–H groups in total. The Hall–Kier alpha value is -2.62. The van der Waals surface area contributed by atoms with Gasteiger partial charge in [0.2, 0.25) is 5.91 Å². The minimum absolute atomic E-state index is 0.107. The number of thiazole rings is 1. The molecular weight excluding hydrogens is 452 g/mol. The summed E-state index contributed by atoms with van der Waals surface area (Å²) in [5.74, 6) is 0.781. The Morgan fingerprint density at radius 2 is 1.94 bits per heavy atom. The number of carbonyl (C=O) groups excluding carboxylic acids is 1. The van der Waals surface area contributed by atoms with Gasteiger partial charge in [0, 0.05) is 11.2 Å². The summed E-state index contributed by atoms with van der Waals surface area (Å²) in [4.78, 5) is 20.6. The smallest absolute Gasteiger partial charge is 0.239 e. The summed E-state index contributed by atoms with van der Waals surface area (Å²) in [7, 11) is -3.32. The lowest BCUT2D eigenvalue weighted by molar-refractivity contribution is -0.116. The van der Waals surface area contributed by atoms with Crippen LogP contribution in [0.15, 0.2) is 75.1 Å². The van der Waals surface area contributed by atoms with Crippen LogP contribution in [-0.4, -0.2) is 31.3 Å². The van der Waals surface area contributed by atoms with Crippen LogP contribution < -0.4 is 4.90 Å². The third-order valence-electron chi connectivity index (χ3n) is 4.59. The molecule has 0 aliphatic heterocycles. The van der Waals surface area contributed by atoms with Gasteiger partial charge in [-0.2, -0.15) is 0 Å². The van der Waals surface area contributed by atoms with Gasteiger partial charge in [-0.3, -0.25) is 9.69 Å². The number of hydrogen-bond acceptors (Lipinski definition) is 7. The molecule has 0 spiro atoms. The first-order valence-corrected chi connectivity index (χ1v) is 13.1. The highest BCUT2D eigenvalue weighted by atomic mass is 32.2. The zero-order chi connectivity index (χ0) is 22.0. The van der Waals surface area contributed by atoms with Crippen LogP contribution >= 0.6 is 23.1 Å². The second-order valence-electron chi connectivity index (χ2n) is 7.06. The predicted molar refractivity (Wildman–Crippen MR) is 125 cm³/mol. The normalized spacial score (nSPS) is 11.7. The summed E-state index contributed by atoms with van der Waals surface area (Å²) in [6, 6.07) is 16.4. The van der Waals surface area contributed by atoms with Crippen molar-refractivity contribution >= 4 is 54.2 Å². The van der Waals surface area contributed by atoms with Crippen LogP contribution in [-0.2, 0) is 21.2 Å². The monoisotopic (exact) mass is 472 g/mol. The molecule has 0 bridgehead atoms. The van der Waals surface area contributed by atoms with Gasteiger partial charge < -0.3 is 4.42 Å². The topological polar surface area (TPSA) is 80.5 Å². The first-order valence-electron chi connectivity index (χ1n) is 9.42. The van der Waals surface area contributed by atoms with Crippen molar-refractivity contribution in [2.45, 2.75) is 23.3 Å². The SMILES string of the molecule is Cc1ccc(SCC(=O)N(Cc2ccco2)c2nc3ccc(S(C)(=O)=O)cc3s2)cc1. The van der Waals surface area contributed by atoms with Crippen LogP contribution in [0.5, 0.6) is 0 Å². The van der Waals surface area contributed by atoms with E-state index in [4.69, 9.17) is 4.42 Å². The second-order valence-corrected chi connectivity index (χ2v) is 11.1. The Balaban J connectivity index is 1.62. The average molecular weight is 473 g/mol. The van der Waals surface area contributed by atoms with Crippen molar-refractivity contribution in [2.75, 3.05) is 16.9 Å². The maximum Gasteiger partial charge on any atom is 0.239 e. The highest BCUT2D eigenvalue weighted by Crippen LogP contribution is 2.32. The van der Waals surface area contributed by atoms with Gasteiger partial charge in [0.25, 0.3) is 0 Å². The van der Waals surface area contributed by atoms with Gasteiger partial charge in [-0.05, 0) is 49.4 Å². The molecule has 0 radical (unpaired) electrons. The van der Waals surface area contributed by atoms with E-state index < -0.39 is 9.84 Å². The van der Waals surface area contributed by atoms with E-state index in [-0.39, 0.29) is 23.1 Å². The Morgan fingerprint density at radius 1 is 1.16 bits per heavy atom. The summed E-state index contributed by atoms with van der Waals surface area (Å²) < 4.78 is 29.9. The molecule has 0 saturated carbocycles. The van der Waals surface area contributed by atoms with Crippen molar-refractivity contribution < 1.29 is 17.6 Å². The molecule has 6 nitrogen and oxygen atoms in total. The van der Waals surface area contributed by atoms with Crippen LogP contribution in [0.4, 0.5) is 5.13 Å². The molecule has 0 atom stereocenters. The van der Waals surface area contributed by atoms with E-state index in [1.165, 1.54) is 35.4 Å². The Kier molecular flexibility index (Phi) is 6.17. The fourth-order valence-corrected chi connectivity index (χ4v) is 5.43. The summed E-state index contributed by atoms with van der Waals surface area (Å²) in [5.41, 5.74) is 1.81. The van der Waals surface area contributed by atoms with E-state index in [0.717, 1.165) is 10.5 Å². The van der Waals surface area contributed by atoms with Crippen LogP contribution in [0.1, 0.15) is 11.3 Å². The van der Waals surface area contributed by atoms with E-state index in [2.05, 4.69) is 4.98 Å². The molecule has 2 heterocycles. The number of sulfone groups is 1. The Bertz CT molecular complexity index is 1310. The van der Waals surface area contributed by atoms with Gasteiger partial charge in [0.1, 0.15) is 5.76 Å². The van der Waals surface area contributed by atoms with Gasteiger partial charge in [0.15, 0.2) is 15.0 Å². The molecule has 31 heavy (non-hydrogen) atoms. The average Bonchev–Trinajstić information content (AvgIpc) is 3.39. The van der Waals surface area contributed by atoms with Crippen LogP contribution in [0.3, 0.4) is 0 Å². The molecular formula is C22H20N2O4S3. The van der Waals surface area contributed by atoms with Crippen LogP contribution in [0.25, 0.3) is 10.2 Å². The minimum Gasteiger partial charge on any atom is -0.467 e. The number of carbonyl (C=O) groups is 1. The number of thioether (sulfide) groups is 1. The van der Waals surface area contributed by atoms with E-state index in [1.54, 1.807) is 29.4 Å². The fourth-order valence-electron chi connectivity index (χ4n) is 2.92. The van der Waals surface area contributed by atoms with E-state index in [9.17, 15) is 13.2 Å². The van der Waals surface area contributed by atoms with Gasteiger partial charge in [-0.15, -0.1) is 11.8 Å². The number of fused-ring (bicyclic) bond motifs is 1. The fraction of sp³-hybridized carbons (Fsp3) is 0.182. The lowest BCUT2D eigenvalue weighted by Crippen LogP contribution is -2.31. The molecule has 4 rings (SSSR count). The van der Waals surface area contributed by atoms with Gasteiger partial charge in [-0.1, -0.05) is 29.0 Å².